The van der Waals surface area contributed by atoms with E-state index in [1.54, 1.807) is 6.92 Å². The minimum Gasteiger partial charge on any atom is -0.490 e. The van der Waals surface area contributed by atoms with Gasteiger partial charge >= 0.3 is 5.97 Å². The fourth-order valence-electron chi connectivity index (χ4n) is 2.23. The summed E-state index contributed by atoms with van der Waals surface area (Å²) >= 11 is 0. The molecule has 1 aliphatic heterocycles. The molecule has 0 aliphatic carbocycles. The largest absolute Gasteiger partial charge is 0.490 e. The van der Waals surface area contributed by atoms with Crippen LogP contribution < -0.4 is 9.47 Å². The monoisotopic (exact) mass is 323 g/mol. The predicted molar refractivity (Wildman–Crippen MR) is 80.5 cm³/mol. The van der Waals surface area contributed by atoms with E-state index >= 15 is 0 Å². The minimum atomic E-state index is -1.11. The number of benzene rings is 1. The highest BCUT2D eigenvalue weighted by molar-refractivity contribution is 5.95. The van der Waals surface area contributed by atoms with Gasteiger partial charge in [-0.1, -0.05) is 0 Å². The molecule has 0 fully saturated rings. The summed E-state index contributed by atoms with van der Waals surface area (Å²) in [5.74, 6) is -1.21. The molecule has 0 saturated heterocycles. The highest BCUT2D eigenvalue weighted by atomic mass is 19.1. The molecule has 0 radical (unpaired) electrons. The molecule has 0 atom stereocenters. The Balaban J connectivity index is 2.19. The number of rotatable bonds is 6. The molecular weight excluding hydrogens is 305 g/mol. The maximum atomic E-state index is 13.3. The van der Waals surface area contributed by atoms with E-state index in [1.807, 2.05) is 0 Å². The average molecular weight is 323 g/mol. The van der Waals surface area contributed by atoms with Crippen LogP contribution in [0, 0.1) is 0 Å². The van der Waals surface area contributed by atoms with Crippen molar-refractivity contribution in [3.8, 4) is 11.5 Å². The number of ether oxygens (including phenoxy) is 2. The van der Waals surface area contributed by atoms with E-state index in [4.69, 9.17) is 14.6 Å². The molecular formula is C16H18FNO5. The summed E-state index contributed by atoms with van der Waals surface area (Å²) in [4.78, 5) is 24.4. The number of hydrogen-bond acceptors (Lipinski definition) is 4. The van der Waals surface area contributed by atoms with Gasteiger partial charge in [-0.15, -0.1) is 0 Å². The van der Waals surface area contributed by atoms with Crippen molar-refractivity contribution in [2.24, 2.45) is 0 Å². The molecule has 1 aromatic carbocycles. The minimum absolute atomic E-state index is 0.0416. The molecule has 0 spiro atoms. The summed E-state index contributed by atoms with van der Waals surface area (Å²) in [5, 5.41) is 8.67. The number of nitrogens with zero attached hydrogens (tertiary/aromatic N) is 1. The predicted octanol–water partition coefficient (Wildman–Crippen LogP) is 2.25. The SMILES string of the molecule is CCOc1cc(C(=O)N2CCC=C(F)C2)ccc1OCC(=O)O. The third-order valence-corrected chi connectivity index (χ3v) is 3.24. The van der Waals surface area contributed by atoms with E-state index in [2.05, 4.69) is 0 Å². The van der Waals surface area contributed by atoms with Crippen molar-refractivity contribution in [3.05, 3.63) is 35.7 Å². The lowest BCUT2D eigenvalue weighted by molar-refractivity contribution is -0.139. The Kier molecular flexibility index (Phi) is 5.56. The first-order chi connectivity index (χ1) is 11.0. The number of halogens is 1. The van der Waals surface area contributed by atoms with Gasteiger partial charge in [-0.05, 0) is 37.6 Å². The van der Waals surface area contributed by atoms with Gasteiger partial charge in [0.05, 0.1) is 13.2 Å². The molecule has 1 heterocycles. The molecule has 124 valence electrons. The van der Waals surface area contributed by atoms with Gasteiger partial charge in [0.1, 0.15) is 5.83 Å². The summed E-state index contributed by atoms with van der Waals surface area (Å²) in [7, 11) is 0. The zero-order valence-electron chi connectivity index (χ0n) is 12.8. The molecule has 1 amide bonds. The van der Waals surface area contributed by atoms with Crippen molar-refractivity contribution in [1.82, 2.24) is 4.90 Å². The van der Waals surface area contributed by atoms with Crippen molar-refractivity contribution in [3.63, 3.8) is 0 Å². The molecule has 6 nitrogen and oxygen atoms in total. The van der Waals surface area contributed by atoms with E-state index in [0.29, 0.717) is 25.1 Å². The molecule has 23 heavy (non-hydrogen) atoms. The Bertz CT molecular complexity index is 629. The topological polar surface area (TPSA) is 76.1 Å². The molecule has 0 bridgehead atoms. The standard InChI is InChI=1S/C16H18FNO5/c1-2-22-14-8-11(5-6-13(14)23-10-15(19)20)16(21)18-7-3-4-12(17)9-18/h4-6,8H,2-3,7,9-10H2,1H3,(H,19,20). The van der Waals surface area contributed by atoms with Crippen LogP contribution in [0.15, 0.2) is 30.1 Å². The van der Waals surface area contributed by atoms with Crippen LogP contribution in [0.1, 0.15) is 23.7 Å². The second-order valence-corrected chi connectivity index (χ2v) is 4.94. The van der Waals surface area contributed by atoms with Gasteiger partial charge in [-0.25, -0.2) is 9.18 Å². The number of carboxylic acid groups (broad SMARTS) is 1. The first-order valence-corrected chi connectivity index (χ1v) is 7.26. The zero-order valence-corrected chi connectivity index (χ0v) is 12.8. The van der Waals surface area contributed by atoms with Crippen molar-refractivity contribution < 1.29 is 28.6 Å². The molecule has 0 saturated carbocycles. The van der Waals surface area contributed by atoms with E-state index in [9.17, 15) is 14.0 Å². The molecule has 1 aliphatic rings. The lowest BCUT2D eigenvalue weighted by atomic mass is 10.1. The molecule has 1 aromatic rings. The fraction of sp³-hybridized carbons (Fsp3) is 0.375. The molecule has 0 aromatic heterocycles. The van der Waals surface area contributed by atoms with Gasteiger partial charge in [0.15, 0.2) is 18.1 Å². The van der Waals surface area contributed by atoms with Crippen molar-refractivity contribution in [2.45, 2.75) is 13.3 Å². The number of amides is 1. The fourth-order valence-corrected chi connectivity index (χ4v) is 2.23. The third kappa shape index (κ3) is 4.45. The normalized spacial score (nSPS) is 14.2. The smallest absolute Gasteiger partial charge is 0.341 e. The summed E-state index contributed by atoms with van der Waals surface area (Å²) in [5.41, 5.74) is 0.339. The van der Waals surface area contributed by atoms with Gasteiger partial charge in [0.2, 0.25) is 0 Å². The van der Waals surface area contributed by atoms with Gasteiger partial charge in [-0.3, -0.25) is 4.79 Å². The van der Waals surface area contributed by atoms with Crippen LogP contribution in [0.3, 0.4) is 0 Å². The Morgan fingerprint density at radius 1 is 1.30 bits per heavy atom. The van der Waals surface area contributed by atoms with Crippen molar-refractivity contribution in [2.75, 3.05) is 26.3 Å². The Morgan fingerprint density at radius 2 is 2.09 bits per heavy atom. The van der Waals surface area contributed by atoms with Crippen LogP contribution in [0.2, 0.25) is 0 Å². The Labute approximate surface area is 133 Å². The molecule has 2 rings (SSSR count). The summed E-state index contributed by atoms with van der Waals surface area (Å²) in [6.45, 7) is 2.01. The lowest BCUT2D eigenvalue weighted by Gasteiger charge is -2.25. The van der Waals surface area contributed by atoms with Gasteiger partial charge in [0.25, 0.3) is 5.91 Å². The summed E-state index contributed by atoms with van der Waals surface area (Å²) in [6.07, 6.45) is 1.95. The maximum Gasteiger partial charge on any atom is 0.341 e. The van der Waals surface area contributed by atoms with Crippen LogP contribution in [0.25, 0.3) is 0 Å². The average Bonchev–Trinajstić information content (AvgIpc) is 2.53. The molecule has 1 N–H and O–H groups in total. The number of aliphatic carboxylic acids is 1. The summed E-state index contributed by atoms with van der Waals surface area (Å²) < 4.78 is 23.8. The first-order valence-electron chi connectivity index (χ1n) is 7.26. The Morgan fingerprint density at radius 3 is 2.74 bits per heavy atom. The van der Waals surface area contributed by atoms with Crippen LogP contribution in [0.5, 0.6) is 11.5 Å². The second-order valence-electron chi connectivity index (χ2n) is 4.94. The van der Waals surface area contributed by atoms with Gasteiger partial charge in [-0.2, -0.15) is 0 Å². The van der Waals surface area contributed by atoms with Crippen molar-refractivity contribution in [1.29, 1.82) is 0 Å². The summed E-state index contributed by atoms with van der Waals surface area (Å²) in [6, 6.07) is 4.48. The van der Waals surface area contributed by atoms with E-state index < -0.39 is 12.6 Å². The maximum absolute atomic E-state index is 13.3. The van der Waals surface area contributed by atoms with Crippen LogP contribution >= 0.6 is 0 Å². The molecule has 0 unspecified atom stereocenters. The lowest BCUT2D eigenvalue weighted by Crippen LogP contribution is -2.35. The van der Waals surface area contributed by atoms with Crippen LogP contribution in [-0.4, -0.2) is 48.2 Å². The Hall–Kier alpha value is -2.57. The van der Waals surface area contributed by atoms with Crippen LogP contribution in [-0.2, 0) is 4.79 Å². The zero-order chi connectivity index (χ0) is 16.8. The van der Waals surface area contributed by atoms with E-state index in [1.165, 1.54) is 29.2 Å². The highest BCUT2D eigenvalue weighted by Gasteiger charge is 2.21. The van der Waals surface area contributed by atoms with Crippen molar-refractivity contribution >= 4 is 11.9 Å². The van der Waals surface area contributed by atoms with Gasteiger partial charge in [0, 0.05) is 12.1 Å². The number of hydrogen-bond donors (Lipinski definition) is 1. The third-order valence-electron chi connectivity index (χ3n) is 3.24. The van der Waals surface area contributed by atoms with Gasteiger partial charge < -0.3 is 19.5 Å². The van der Waals surface area contributed by atoms with E-state index in [-0.39, 0.29) is 29.8 Å². The van der Waals surface area contributed by atoms with Crippen LogP contribution in [0.4, 0.5) is 4.39 Å². The highest BCUT2D eigenvalue weighted by Crippen LogP contribution is 2.29. The quantitative estimate of drug-likeness (QED) is 0.869. The number of carbonyl (C=O) groups excluding carboxylic acids is 1. The second kappa shape index (κ2) is 7.62. The van der Waals surface area contributed by atoms with E-state index in [0.717, 1.165) is 0 Å². The molecule has 7 heteroatoms. The number of carboxylic acids is 1. The first kappa shape index (κ1) is 16.8. The number of carbonyl (C=O) groups is 2.